The number of hydrogen-bond donors (Lipinski definition) is 0. The van der Waals surface area contributed by atoms with Gasteiger partial charge in [0.25, 0.3) is 0 Å². The lowest BCUT2D eigenvalue weighted by atomic mass is 10.2. The lowest BCUT2D eigenvalue weighted by molar-refractivity contribution is 0.385. The molecule has 1 aliphatic rings. The normalized spacial score (nSPS) is 14.4. The second-order valence-corrected chi connectivity index (χ2v) is 7.61. The van der Waals surface area contributed by atoms with E-state index >= 15 is 0 Å². The van der Waals surface area contributed by atoms with Crippen molar-refractivity contribution >= 4 is 34.5 Å². The fourth-order valence-corrected chi connectivity index (χ4v) is 3.81. The van der Waals surface area contributed by atoms with E-state index in [-0.39, 0.29) is 0 Å². The number of hydrogen-bond acceptors (Lipinski definition) is 3. The molecule has 1 aliphatic heterocycles. The number of piperazine rings is 1. The molecule has 1 fully saturated rings. The van der Waals surface area contributed by atoms with Crippen LogP contribution in [0.3, 0.4) is 0 Å². The van der Waals surface area contributed by atoms with Gasteiger partial charge in [-0.25, -0.2) is 0 Å². The summed E-state index contributed by atoms with van der Waals surface area (Å²) >= 11 is 11.8. The molecule has 5 heteroatoms. The van der Waals surface area contributed by atoms with Gasteiger partial charge in [-0.05, 0) is 43.3 Å². The van der Waals surface area contributed by atoms with Crippen LogP contribution < -0.4 is 4.90 Å². The van der Waals surface area contributed by atoms with E-state index in [4.69, 9.17) is 28.2 Å². The van der Waals surface area contributed by atoms with Gasteiger partial charge in [0, 0.05) is 42.5 Å². The van der Waals surface area contributed by atoms with E-state index < -0.39 is 0 Å². The predicted octanol–water partition coefficient (Wildman–Crippen LogP) is 5.41. The van der Waals surface area contributed by atoms with Crippen molar-refractivity contribution in [2.24, 2.45) is 0 Å². The Kier molecular flexibility index (Phi) is 5.19. The smallest absolute Gasteiger partial charge is 0.162 e. The van der Waals surface area contributed by atoms with Crippen LogP contribution in [-0.4, -0.2) is 36.1 Å². The van der Waals surface area contributed by atoms with Gasteiger partial charge in [0.1, 0.15) is 10.7 Å². The third-order valence-corrected chi connectivity index (χ3v) is 5.59. The molecule has 0 atom stereocenters. The van der Waals surface area contributed by atoms with Crippen molar-refractivity contribution in [3.63, 3.8) is 0 Å². The fourth-order valence-electron chi connectivity index (χ4n) is 3.33. The van der Waals surface area contributed by atoms with Crippen molar-refractivity contribution in [3.8, 4) is 11.3 Å². The van der Waals surface area contributed by atoms with Crippen LogP contribution >= 0.6 is 23.8 Å². The maximum atomic E-state index is 6.08. The molecule has 0 N–H and O–H groups in total. The van der Waals surface area contributed by atoms with Gasteiger partial charge in [0.2, 0.25) is 0 Å². The van der Waals surface area contributed by atoms with Crippen molar-refractivity contribution < 1.29 is 4.42 Å². The van der Waals surface area contributed by atoms with Gasteiger partial charge in [-0.1, -0.05) is 53.6 Å². The SMILES string of the molecule is Cc1ccc(N2CCN(C(=S)c3ccc(-c4cccc(Cl)c4)o3)CC2)cc1. The van der Waals surface area contributed by atoms with Crippen LogP contribution in [0.5, 0.6) is 0 Å². The number of nitrogens with zero attached hydrogens (tertiary/aromatic N) is 2. The molecule has 2 heterocycles. The minimum Gasteiger partial charge on any atom is -0.454 e. The lowest BCUT2D eigenvalue weighted by Crippen LogP contribution is -2.48. The lowest BCUT2D eigenvalue weighted by Gasteiger charge is -2.37. The molecule has 4 rings (SSSR count). The topological polar surface area (TPSA) is 19.6 Å². The van der Waals surface area contributed by atoms with Crippen LogP contribution in [0.15, 0.2) is 65.1 Å². The molecule has 3 nitrogen and oxygen atoms in total. The number of anilines is 1. The second-order valence-electron chi connectivity index (χ2n) is 6.79. The molecular formula is C22H21ClN2OS. The van der Waals surface area contributed by atoms with Gasteiger partial charge >= 0.3 is 0 Å². The number of aryl methyl sites for hydroxylation is 1. The third-order valence-electron chi connectivity index (χ3n) is 4.89. The number of benzene rings is 2. The van der Waals surface area contributed by atoms with Gasteiger partial charge in [-0.2, -0.15) is 0 Å². The van der Waals surface area contributed by atoms with E-state index in [1.165, 1.54) is 11.3 Å². The second kappa shape index (κ2) is 7.75. The summed E-state index contributed by atoms with van der Waals surface area (Å²) < 4.78 is 6.01. The Morgan fingerprint density at radius 3 is 2.41 bits per heavy atom. The summed E-state index contributed by atoms with van der Waals surface area (Å²) in [4.78, 5) is 5.39. The molecular weight excluding hydrogens is 376 g/mol. The molecule has 0 unspecified atom stereocenters. The first-order valence-corrected chi connectivity index (χ1v) is 9.85. The highest BCUT2D eigenvalue weighted by atomic mass is 35.5. The van der Waals surface area contributed by atoms with Gasteiger partial charge < -0.3 is 14.2 Å². The minimum atomic E-state index is 0.695. The largest absolute Gasteiger partial charge is 0.454 e. The quantitative estimate of drug-likeness (QED) is 0.551. The molecule has 138 valence electrons. The van der Waals surface area contributed by atoms with Crippen LogP contribution in [0.4, 0.5) is 5.69 Å². The Morgan fingerprint density at radius 2 is 1.70 bits per heavy atom. The van der Waals surface area contributed by atoms with E-state index in [1.807, 2.05) is 36.4 Å². The highest BCUT2D eigenvalue weighted by Gasteiger charge is 2.22. The fraction of sp³-hybridized carbons (Fsp3) is 0.227. The molecule has 1 saturated heterocycles. The van der Waals surface area contributed by atoms with E-state index in [0.29, 0.717) is 5.02 Å². The summed E-state index contributed by atoms with van der Waals surface area (Å²) in [5.74, 6) is 1.52. The Hall–Kier alpha value is -2.30. The molecule has 3 aromatic rings. The molecule has 1 aromatic heterocycles. The first kappa shape index (κ1) is 18.1. The van der Waals surface area contributed by atoms with Crippen molar-refractivity contribution in [1.29, 1.82) is 0 Å². The molecule has 0 spiro atoms. The molecule has 0 radical (unpaired) electrons. The van der Waals surface area contributed by atoms with Crippen LogP contribution in [0.1, 0.15) is 11.3 Å². The van der Waals surface area contributed by atoms with Crippen LogP contribution in [0, 0.1) is 6.92 Å². The Bertz CT molecular complexity index is 943. The third kappa shape index (κ3) is 4.02. The predicted molar refractivity (Wildman–Crippen MR) is 116 cm³/mol. The summed E-state index contributed by atoms with van der Waals surface area (Å²) in [7, 11) is 0. The molecule has 0 bridgehead atoms. The maximum absolute atomic E-state index is 6.08. The molecule has 27 heavy (non-hydrogen) atoms. The highest BCUT2D eigenvalue weighted by Crippen LogP contribution is 2.26. The van der Waals surface area contributed by atoms with Crippen LogP contribution in [0.25, 0.3) is 11.3 Å². The van der Waals surface area contributed by atoms with E-state index in [9.17, 15) is 0 Å². The first-order chi connectivity index (χ1) is 13.1. The summed E-state index contributed by atoms with van der Waals surface area (Å²) in [5, 5.41) is 0.695. The summed E-state index contributed by atoms with van der Waals surface area (Å²) in [6.07, 6.45) is 0. The van der Waals surface area contributed by atoms with Crippen molar-refractivity contribution in [1.82, 2.24) is 4.90 Å². The van der Waals surface area contributed by atoms with Crippen molar-refractivity contribution in [3.05, 3.63) is 77.0 Å². The van der Waals surface area contributed by atoms with E-state index in [1.54, 1.807) is 0 Å². The maximum Gasteiger partial charge on any atom is 0.162 e. The highest BCUT2D eigenvalue weighted by molar-refractivity contribution is 7.80. The summed E-state index contributed by atoms with van der Waals surface area (Å²) in [6, 6.07) is 20.3. The van der Waals surface area contributed by atoms with Crippen molar-refractivity contribution in [2.45, 2.75) is 6.92 Å². The number of halogens is 1. The van der Waals surface area contributed by atoms with Gasteiger partial charge in [-0.15, -0.1) is 0 Å². The average Bonchev–Trinajstić information content (AvgIpc) is 3.18. The zero-order valence-corrected chi connectivity index (χ0v) is 16.8. The van der Waals surface area contributed by atoms with Crippen molar-refractivity contribution in [2.75, 3.05) is 31.1 Å². The summed E-state index contributed by atoms with van der Waals surface area (Å²) in [5.41, 5.74) is 3.51. The van der Waals surface area contributed by atoms with E-state index in [2.05, 4.69) is 41.0 Å². The Balaban J connectivity index is 1.42. The molecule has 0 amide bonds. The number of rotatable bonds is 3. The van der Waals surface area contributed by atoms with Gasteiger partial charge in [-0.3, -0.25) is 0 Å². The standard InChI is InChI=1S/C22H21ClN2OS/c1-16-5-7-19(8-6-16)24-11-13-25(14-12-24)22(27)21-10-9-20(26-21)17-3-2-4-18(23)15-17/h2-10,15H,11-14H2,1H3. The molecule has 0 saturated carbocycles. The number of thiocarbonyl (C=S) groups is 1. The summed E-state index contributed by atoms with van der Waals surface area (Å²) in [6.45, 7) is 5.79. The van der Waals surface area contributed by atoms with E-state index in [0.717, 1.165) is 48.3 Å². The number of furan rings is 1. The molecule has 2 aromatic carbocycles. The van der Waals surface area contributed by atoms with Crippen LogP contribution in [-0.2, 0) is 0 Å². The van der Waals surface area contributed by atoms with Gasteiger partial charge in [0.05, 0.1) is 0 Å². The average molecular weight is 397 g/mol. The first-order valence-electron chi connectivity index (χ1n) is 9.07. The minimum absolute atomic E-state index is 0.695. The van der Waals surface area contributed by atoms with Gasteiger partial charge in [0.15, 0.2) is 5.76 Å². The Morgan fingerprint density at radius 1 is 0.963 bits per heavy atom. The zero-order chi connectivity index (χ0) is 18.8. The van der Waals surface area contributed by atoms with Crippen LogP contribution in [0.2, 0.25) is 5.02 Å². The molecule has 0 aliphatic carbocycles. The monoisotopic (exact) mass is 396 g/mol. The Labute approximate surface area is 170 Å². The zero-order valence-electron chi connectivity index (χ0n) is 15.2.